The molecule has 3 nitrogen and oxygen atoms in total. The van der Waals surface area contributed by atoms with Crippen LogP contribution in [-0.4, -0.2) is 11.1 Å². The Morgan fingerprint density at radius 2 is 2.00 bits per heavy atom. The molecule has 0 saturated carbocycles. The number of hydrogen-bond acceptors (Lipinski definition) is 2. The van der Waals surface area contributed by atoms with Crippen molar-refractivity contribution < 1.29 is 19.0 Å². The van der Waals surface area contributed by atoms with Crippen LogP contribution in [0, 0.1) is 5.82 Å². The Morgan fingerprint density at radius 1 is 1.20 bits per heavy atom. The molecular weight excluding hydrogens is 327 g/mol. The van der Waals surface area contributed by atoms with E-state index in [0.717, 1.165) is 5.56 Å². The summed E-state index contributed by atoms with van der Waals surface area (Å²) in [5.74, 6) is -1.29. The first-order valence-corrected chi connectivity index (χ1v) is 7.01. The van der Waals surface area contributed by atoms with Gasteiger partial charge >= 0.3 is 5.97 Å². The predicted molar refractivity (Wildman–Crippen MR) is 76.8 cm³/mol. The van der Waals surface area contributed by atoms with E-state index < -0.39 is 11.8 Å². The Labute approximate surface area is 124 Å². The first-order chi connectivity index (χ1) is 9.60. The second-order valence-electron chi connectivity index (χ2n) is 4.19. The number of hydrogen-bond donors (Lipinski definition) is 1. The van der Waals surface area contributed by atoms with E-state index in [-0.39, 0.29) is 17.9 Å². The summed E-state index contributed by atoms with van der Waals surface area (Å²) >= 11 is 3.29. The normalized spacial score (nSPS) is 10.3. The van der Waals surface area contributed by atoms with Crippen LogP contribution in [0.5, 0.6) is 5.75 Å². The van der Waals surface area contributed by atoms with Crippen LogP contribution in [0.1, 0.15) is 21.5 Å². The van der Waals surface area contributed by atoms with Gasteiger partial charge in [-0.3, -0.25) is 0 Å². The molecule has 0 amide bonds. The van der Waals surface area contributed by atoms with Crippen LogP contribution in [-0.2, 0) is 11.9 Å². The number of aromatic carboxylic acids is 1. The molecule has 0 aromatic heterocycles. The number of alkyl halides is 1. The number of rotatable bonds is 5. The van der Waals surface area contributed by atoms with Gasteiger partial charge < -0.3 is 9.84 Å². The summed E-state index contributed by atoms with van der Waals surface area (Å²) in [5, 5.41) is 9.51. The van der Waals surface area contributed by atoms with E-state index >= 15 is 0 Å². The second-order valence-corrected chi connectivity index (χ2v) is 4.75. The first-order valence-electron chi connectivity index (χ1n) is 5.89. The maximum atomic E-state index is 13.6. The summed E-state index contributed by atoms with van der Waals surface area (Å²) in [6, 6.07) is 11.0. The standard InChI is InChI=1S/C15H12BrFO3/c16-8-10-4-5-13(17)14(7-10)20-9-11-2-1-3-12(6-11)15(18)19/h1-7H,8-9H2,(H,18,19). The van der Waals surface area contributed by atoms with Crippen LogP contribution in [0.25, 0.3) is 0 Å². The number of halogens is 2. The van der Waals surface area contributed by atoms with Crippen molar-refractivity contribution in [1.82, 2.24) is 0 Å². The van der Waals surface area contributed by atoms with Crippen molar-refractivity contribution in [2.24, 2.45) is 0 Å². The molecule has 0 atom stereocenters. The summed E-state index contributed by atoms with van der Waals surface area (Å²) in [6.07, 6.45) is 0. The van der Waals surface area contributed by atoms with E-state index in [9.17, 15) is 9.18 Å². The third-order valence-electron chi connectivity index (χ3n) is 2.72. The van der Waals surface area contributed by atoms with Crippen molar-refractivity contribution in [2.75, 3.05) is 0 Å². The van der Waals surface area contributed by atoms with Gasteiger partial charge in [0.2, 0.25) is 0 Å². The molecule has 1 N–H and O–H groups in total. The van der Waals surface area contributed by atoms with E-state index in [1.807, 2.05) is 0 Å². The molecule has 0 unspecified atom stereocenters. The fourth-order valence-corrected chi connectivity index (χ4v) is 2.05. The van der Waals surface area contributed by atoms with Crippen molar-refractivity contribution in [3.05, 3.63) is 65.0 Å². The molecule has 0 heterocycles. The zero-order valence-electron chi connectivity index (χ0n) is 10.5. The maximum absolute atomic E-state index is 13.6. The average Bonchev–Trinajstić information content (AvgIpc) is 2.46. The number of carboxylic acids is 1. The van der Waals surface area contributed by atoms with Crippen molar-refractivity contribution in [1.29, 1.82) is 0 Å². The van der Waals surface area contributed by atoms with Gasteiger partial charge in [0.05, 0.1) is 5.56 Å². The molecule has 0 aliphatic rings. The summed E-state index contributed by atoms with van der Waals surface area (Å²) in [6.45, 7) is 0.115. The van der Waals surface area contributed by atoms with Gasteiger partial charge in [-0.15, -0.1) is 0 Å². The van der Waals surface area contributed by atoms with Gasteiger partial charge in [-0.2, -0.15) is 0 Å². The lowest BCUT2D eigenvalue weighted by Gasteiger charge is -2.09. The summed E-state index contributed by atoms with van der Waals surface area (Å²) in [5.41, 5.74) is 1.76. The van der Waals surface area contributed by atoms with E-state index in [1.54, 1.807) is 24.3 Å². The Balaban J connectivity index is 2.12. The zero-order valence-corrected chi connectivity index (χ0v) is 12.1. The number of benzene rings is 2. The molecule has 0 spiro atoms. The third kappa shape index (κ3) is 3.57. The summed E-state index contributed by atoms with van der Waals surface area (Å²) < 4.78 is 19.0. The van der Waals surface area contributed by atoms with Gasteiger partial charge in [-0.05, 0) is 35.4 Å². The average molecular weight is 339 g/mol. The largest absolute Gasteiger partial charge is 0.486 e. The van der Waals surface area contributed by atoms with E-state index in [2.05, 4.69) is 15.9 Å². The highest BCUT2D eigenvalue weighted by Gasteiger charge is 2.07. The van der Waals surface area contributed by atoms with Gasteiger partial charge in [0.15, 0.2) is 11.6 Å². The van der Waals surface area contributed by atoms with Crippen molar-refractivity contribution in [3.63, 3.8) is 0 Å². The molecular formula is C15H12BrFO3. The molecule has 0 bridgehead atoms. The third-order valence-corrected chi connectivity index (χ3v) is 3.37. The first kappa shape index (κ1) is 14.5. The lowest BCUT2D eigenvalue weighted by atomic mass is 10.1. The van der Waals surface area contributed by atoms with E-state index in [4.69, 9.17) is 9.84 Å². The molecule has 0 saturated heterocycles. The fourth-order valence-electron chi connectivity index (χ4n) is 1.70. The Hall–Kier alpha value is -1.88. The highest BCUT2D eigenvalue weighted by atomic mass is 79.9. The van der Waals surface area contributed by atoms with Gasteiger partial charge in [0, 0.05) is 5.33 Å². The maximum Gasteiger partial charge on any atom is 0.335 e. The van der Waals surface area contributed by atoms with Crippen LogP contribution < -0.4 is 4.74 Å². The monoisotopic (exact) mass is 338 g/mol. The molecule has 0 aliphatic heterocycles. The van der Waals surface area contributed by atoms with Crippen LogP contribution in [0.4, 0.5) is 4.39 Å². The molecule has 2 rings (SSSR count). The zero-order chi connectivity index (χ0) is 14.5. The molecule has 0 aliphatic carbocycles. The quantitative estimate of drug-likeness (QED) is 0.838. The van der Waals surface area contributed by atoms with Crippen LogP contribution in [0.3, 0.4) is 0 Å². The fraction of sp³-hybridized carbons (Fsp3) is 0.133. The van der Waals surface area contributed by atoms with Crippen molar-refractivity contribution >= 4 is 21.9 Å². The van der Waals surface area contributed by atoms with E-state index in [1.165, 1.54) is 18.2 Å². The molecule has 104 valence electrons. The highest BCUT2D eigenvalue weighted by molar-refractivity contribution is 9.08. The summed E-state index contributed by atoms with van der Waals surface area (Å²) in [4.78, 5) is 10.9. The minimum atomic E-state index is -1.00. The molecule has 5 heteroatoms. The number of carboxylic acid groups (broad SMARTS) is 1. The SMILES string of the molecule is O=C(O)c1cccc(COc2cc(CBr)ccc2F)c1. The van der Waals surface area contributed by atoms with Gasteiger partial charge in [-0.1, -0.05) is 34.1 Å². The Kier molecular flexibility index (Phi) is 4.74. The lowest BCUT2D eigenvalue weighted by Crippen LogP contribution is -2.01. The van der Waals surface area contributed by atoms with Crippen LogP contribution in [0.2, 0.25) is 0 Å². The molecule has 0 radical (unpaired) electrons. The van der Waals surface area contributed by atoms with Gasteiger partial charge in [-0.25, -0.2) is 9.18 Å². The van der Waals surface area contributed by atoms with Crippen LogP contribution in [0.15, 0.2) is 42.5 Å². The lowest BCUT2D eigenvalue weighted by molar-refractivity contribution is 0.0696. The van der Waals surface area contributed by atoms with Crippen LogP contribution >= 0.6 is 15.9 Å². The smallest absolute Gasteiger partial charge is 0.335 e. The van der Waals surface area contributed by atoms with E-state index in [0.29, 0.717) is 10.9 Å². The molecule has 2 aromatic rings. The van der Waals surface area contributed by atoms with Crippen molar-refractivity contribution in [2.45, 2.75) is 11.9 Å². The second kappa shape index (κ2) is 6.52. The minimum absolute atomic E-state index is 0.115. The highest BCUT2D eigenvalue weighted by Crippen LogP contribution is 2.21. The Morgan fingerprint density at radius 3 is 2.70 bits per heavy atom. The van der Waals surface area contributed by atoms with Gasteiger partial charge in [0.25, 0.3) is 0 Å². The minimum Gasteiger partial charge on any atom is -0.486 e. The Bertz CT molecular complexity index is 628. The molecule has 2 aromatic carbocycles. The molecule has 0 fully saturated rings. The van der Waals surface area contributed by atoms with Crippen molar-refractivity contribution in [3.8, 4) is 5.75 Å². The topological polar surface area (TPSA) is 46.5 Å². The van der Waals surface area contributed by atoms with Gasteiger partial charge in [0.1, 0.15) is 6.61 Å². The molecule has 20 heavy (non-hydrogen) atoms. The summed E-state index contributed by atoms with van der Waals surface area (Å²) in [7, 11) is 0. The predicted octanol–water partition coefficient (Wildman–Crippen LogP) is 4.00. The number of carbonyl (C=O) groups is 1. The number of ether oxygens (including phenoxy) is 1.